The van der Waals surface area contributed by atoms with Crippen molar-refractivity contribution in [2.24, 2.45) is 30.2 Å². The second-order valence-electron chi connectivity index (χ2n) is 12.2. The highest BCUT2D eigenvalue weighted by Crippen LogP contribution is 2.60. The lowest BCUT2D eigenvalue weighted by Gasteiger charge is -2.55. The summed E-state index contributed by atoms with van der Waals surface area (Å²) in [6, 6.07) is 14.5. The standard InChI is InChI=1S/C31H34N4O3/c1-18(28(36)32-33-30(38)31-14-19-11-20(15-31)13-21(12-19)16-31)35-27(23-8-3-4-9-24(23)29(35)37)25-17-34(2)26-10-6-5-7-22(25)26/h3-10,17-21,27H,11-16H2,1-2H3,(H,32,36)(H,33,38). The van der Waals surface area contributed by atoms with Gasteiger partial charge in [0.1, 0.15) is 6.04 Å². The molecule has 2 aromatic carbocycles. The second-order valence-corrected chi connectivity index (χ2v) is 12.2. The smallest absolute Gasteiger partial charge is 0.260 e. The Morgan fingerprint density at radius 1 is 0.895 bits per heavy atom. The molecular weight excluding hydrogens is 476 g/mol. The van der Waals surface area contributed by atoms with Crippen molar-refractivity contribution < 1.29 is 14.4 Å². The molecule has 7 nitrogen and oxygen atoms in total. The molecule has 2 atom stereocenters. The Hall–Kier alpha value is -3.61. The molecule has 1 aliphatic heterocycles. The molecule has 4 saturated carbocycles. The molecule has 196 valence electrons. The van der Waals surface area contributed by atoms with Crippen molar-refractivity contribution in [2.45, 2.75) is 57.5 Å². The quantitative estimate of drug-likeness (QED) is 0.508. The zero-order valence-electron chi connectivity index (χ0n) is 21.9. The summed E-state index contributed by atoms with van der Waals surface area (Å²) in [5.41, 5.74) is 8.71. The minimum Gasteiger partial charge on any atom is -0.350 e. The van der Waals surface area contributed by atoms with E-state index in [-0.39, 0.29) is 23.1 Å². The topological polar surface area (TPSA) is 83.4 Å². The van der Waals surface area contributed by atoms with E-state index in [4.69, 9.17) is 0 Å². The summed E-state index contributed by atoms with van der Waals surface area (Å²) in [6.07, 6.45) is 8.60. The Labute approximate surface area is 222 Å². The van der Waals surface area contributed by atoms with Crippen LogP contribution in [0.1, 0.15) is 73.0 Å². The number of aryl methyl sites for hydroxylation is 1. The van der Waals surface area contributed by atoms with Gasteiger partial charge in [-0.2, -0.15) is 0 Å². The molecule has 2 N–H and O–H groups in total. The van der Waals surface area contributed by atoms with E-state index in [1.807, 2.05) is 43.4 Å². The van der Waals surface area contributed by atoms with Gasteiger partial charge >= 0.3 is 0 Å². The molecule has 0 spiro atoms. The monoisotopic (exact) mass is 510 g/mol. The molecule has 5 aliphatic rings. The number of rotatable bonds is 4. The maximum absolute atomic E-state index is 13.7. The van der Waals surface area contributed by atoms with Crippen molar-refractivity contribution in [3.8, 4) is 0 Å². The fourth-order valence-electron chi connectivity index (χ4n) is 8.51. The number of para-hydroxylation sites is 1. The number of carbonyl (C=O) groups excluding carboxylic acids is 3. The minimum absolute atomic E-state index is 0.0567. The summed E-state index contributed by atoms with van der Waals surface area (Å²) in [4.78, 5) is 42.2. The zero-order chi connectivity index (χ0) is 26.2. The maximum atomic E-state index is 13.7. The van der Waals surface area contributed by atoms with Crippen LogP contribution in [0.5, 0.6) is 0 Å². The first-order valence-electron chi connectivity index (χ1n) is 13.9. The predicted molar refractivity (Wildman–Crippen MR) is 144 cm³/mol. The van der Waals surface area contributed by atoms with Gasteiger partial charge in [0.25, 0.3) is 11.8 Å². The second kappa shape index (κ2) is 8.45. The molecule has 4 aliphatic carbocycles. The van der Waals surface area contributed by atoms with Gasteiger partial charge in [0.15, 0.2) is 0 Å². The number of aromatic nitrogens is 1. The van der Waals surface area contributed by atoms with Gasteiger partial charge in [0, 0.05) is 35.3 Å². The molecule has 4 bridgehead atoms. The lowest BCUT2D eigenvalue weighted by Crippen LogP contribution is -2.58. The van der Waals surface area contributed by atoms with Gasteiger partial charge in [0.2, 0.25) is 5.91 Å². The first-order chi connectivity index (χ1) is 18.3. The number of hydrogen-bond donors (Lipinski definition) is 2. The largest absolute Gasteiger partial charge is 0.350 e. The molecule has 3 aromatic rings. The third-order valence-corrected chi connectivity index (χ3v) is 9.84. The van der Waals surface area contributed by atoms with Gasteiger partial charge in [-0.1, -0.05) is 36.4 Å². The molecule has 1 aromatic heterocycles. The first kappa shape index (κ1) is 23.5. The van der Waals surface area contributed by atoms with Crippen LogP contribution in [0.25, 0.3) is 10.9 Å². The molecule has 2 unspecified atom stereocenters. The predicted octanol–water partition coefficient (Wildman–Crippen LogP) is 4.48. The molecule has 0 radical (unpaired) electrons. The van der Waals surface area contributed by atoms with Crippen LogP contribution in [0.4, 0.5) is 0 Å². The third kappa shape index (κ3) is 3.44. The highest BCUT2D eigenvalue weighted by Gasteiger charge is 2.55. The van der Waals surface area contributed by atoms with E-state index in [1.54, 1.807) is 11.8 Å². The van der Waals surface area contributed by atoms with Gasteiger partial charge < -0.3 is 9.47 Å². The number of fused-ring (bicyclic) bond motifs is 2. The van der Waals surface area contributed by atoms with Crippen LogP contribution in [-0.4, -0.2) is 33.2 Å². The van der Waals surface area contributed by atoms with E-state index in [9.17, 15) is 14.4 Å². The fraction of sp³-hybridized carbons (Fsp3) is 0.452. The van der Waals surface area contributed by atoms with Gasteiger partial charge in [-0.25, -0.2) is 0 Å². The minimum atomic E-state index is -0.782. The van der Waals surface area contributed by atoms with E-state index in [1.165, 1.54) is 19.3 Å². The number of nitrogens with one attached hydrogen (secondary N) is 2. The Morgan fingerprint density at radius 2 is 1.53 bits per heavy atom. The number of amides is 3. The molecular formula is C31H34N4O3. The van der Waals surface area contributed by atoms with Crippen LogP contribution in [0, 0.1) is 23.2 Å². The van der Waals surface area contributed by atoms with E-state index < -0.39 is 12.1 Å². The van der Waals surface area contributed by atoms with Crippen LogP contribution in [0.2, 0.25) is 0 Å². The third-order valence-electron chi connectivity index (χ3n) is 9.84. The number of hydrazine groups is 1. The Kier molecular flexibility index (Phi) is 5.23. The first-order valence-corrected chi connectivity index (χ1v) is 13.9. The lowest BCUT2D eigenvalue weighted by atomic mass is 9.49. The molecule has 2 heterocycles. The Morgan fingerprint density at radius 3 is 2.24 bits per heavy atom. The van der Waals surface area contributed by atoms with Crippen molar-refractivity contribution in [3.63, 3.8) is 0 Å². The average molecular weight is 511 g/mol. The van der Waals surface area contributed by atoms with Crippen molar-refractivity contribution in [2.75, 3.05) is 0 Å². The average Bonchev–Trinajstić information content (AvgIpc) is 3.39. The van der Waals surface area contributed by atoms with E-state index in [2.05, 4.69) is 33.7 Å². The van der Waals surface area contributed by atoms with Gasteiger partial charge in [-0.05, 0) is 80.9 Å². The van der Waals surface area contributed by atoms with Crippen LogP contribution in [-0.2, 0) is 16.6 Å². The highest BCUT2D eigenvalue weighted by atomic mass is 16.2. The zero-order valence-corrected chi connectivity index (χ0v) is 21.9. The van der Waals surface area contributed by atoms with Crippen LogP contribution >= 0.6 is 0 Å². The molecule has 3 amide bonds. The molecule has 38 heavy (non-hydrogen) atoms. The summed E-state index contributed by atoms with van der Waals surface area (Å²) in [5.74, 6) is 1.32. The highest BCUT2D eigenvalue weighted by molar-refractivity contribution is 6.03. The summed E-state index contributed by atoms with van der Waals surface area (Å²) in [5, 5.41) is 1.05. The van der Waals surface area contributed by atoms with E-state index >= 15 is 0 Å². The lowest BCUT2D eigenvalue weighted by molar-refractivity contribution is -0.149. The molecule has 7 heteroatoms. The number of benzene rings is 2. The number of nitrogens with zero attached hydrogens (tertiary/aromatic N) is 2. The summed E-state index contributed by atoms with van der Waals surface area (Å²) >= 11 is 0. The molecule has 8 rings (SSSR count). The van der Waals surface area contributed by atoms with E-state index in [0.717, 1.165) is 41.3 Å². The van der Waals surface area contributed by atoms with Crippen molar-refractivity contribution in [1.29, 1.82) is 0 Å². The SMILES string of the molecule is CC(C(=O)NNC(=O)C12CC3CC(CC(C3)C1)C2)N1C(=O)c2ccccc2C1c1cn(C)c2ccccc12. The van der Waals surface area contributed by atoms with Gasteiger partial charge in [0.05, 0.1) is 11.5 Å². The van der Waals surface area contributed by atoms with Crippen molar-refractivity contribution in [3.05, 3.63) is 71.4 Å². The Balaban J connectivity index is 1.15. The van der Waals surface area contributed by atoms with Crippen LogP contribution in [0.15, 0.2) is 54.7 Å². The molecule has 0 saturated heterocycles. The summed E-state index contributed by atoms with van der Waals surface area (Å²) < 4.78 is 2.06. The van der Waals surface area contributed by atoms with Gasteiger partial charge in [-0.15, -0.1) is 0 Å². The number of carbonyl (C=O) groups is 3. The molecule has 4 fully saturated rings. The van der Waals surface area contributed by atoms with Crippen LogP contribution < -0.4 is 10.9 Å². The van der Waals surface area contributed by atoms with Crippen LogP contribution in [0.3, 0.4) is 0 Å². The number of hydrogen-bond acceptors (Lipinski definition) is 3. The maximum Gasteiger partial charge on any atom is 0.260 e. The van der Waals surface area contributed by atoms with E-state index in [0.29, 0.717) is 23.3 Å². The van der Waals surface area contributed by atoms with Gasteiger partial charge in [-0.3, -0.25) is 25.2 Å². The summed E-state index contributed by atoms with van der Waals surface area (Å²) in [7, 11) is 2.00. The fourth-order valence-corrected chi connectivity index (χ4v) is 8.51. The van der Waals surface area contributed by atoms with Crippen molar-refractivity contribution >= 4 is 28.6 Å². The normalized spacial score (nSPS) is 29.9. The summed E-state index contributed by atoms with van der Waals surface area (Å²) in [6.45, 7) is 1.74. The Bertz CT molecular complexity index is 1440. The van der Waals surface area contributed by atoms with Crippen molar-refractivity contribution in [1.82, 2.24) is 20.3 Å².